The lowest BCUT2D eigenvalue weighted by molar-refractivity contribution is -0.132. The number of carbonyl (C=O) groups excluding carboxylic acids is 1. The molecule has 0 aromatic carbocycles. The quantitative estimate of drug-likeness (QED) is 0.691. The summed E-state index contributed by atoms with van der Waals surface area (Å²) in [6.07, 6.45) is 2.34. The topological polar surface area (TPSA) is 72.4 Å². The summed E-state index contributed by atoms with van der Waals surface area (Å²) in [6.45, 7) is 1.93. The number of rotatable bonds is 6. The van der Waals surface area contributed by atoms with E-state index in [0.29, 0.717) is 24.6 Å². The van der Waals surface area contributed by atoms with E-state index in [0.717, 1.165) is 11.3 Å². The van der Waals surface area contributed by atoms with Crippen LogP contribution in [0.25, 0.3) is 11.4 Å². The predicted octanol–water partition coefficient (Wildman–Crippen LogP) is 3.54. The van der Waals surface area contributed by atoms with Crippen LogP contribution in [0.5, 0.6) is 0 Å². The van der Waals surface area contributed by atoms with Crippen LogP contribution in [0.1, 0.15) is 31.0 Å². The minimum absolute atomic E-state index is 0.00387. The molecule has 0 bridgehead atoms. The first-order chi connectivity index (χ1) is 11.1. The summed E-state index contributed by atoms with van der Waals surface area (Å²) in [5.74, 6) is 1.80. The van der Waals surface area contributed by atoms with Gasteiger partial charge in [-0.05, 0) is 30.5 Å². The number of thiophene rings is 1. The molecule has 3 heterocycles. The summed E-state index contributed by atoms with van der Waals surface area (Å²) in [5, 5.41) is 7.85. The standard InChI is InChI=1S/C16H17N3O3S/c1-11(13-4-3-8-21-13)19(2)15(20)6-5-14-17-16(18-22-14)12-7-9-23-10-12/h3-4,7-11H,5-6H2,1-2H3. The largest absolute Gasteiger partial charge is 0.467 e. The number of aromatic nitrogens is 2. The first-order valence-electron chi connectivity index (χ1n) is 7.29. The Hall–Kier alpha value is -2.41. The maximum Gasteiger partial charge on any atom is 0.227 e. The van der Waals surface area contributed by atoms with Gasteiger partial charge in [0.05, 0.1) is 12.3 Å². The minimum Gasteiger partial charge on any atom is -0.467 e. The van der Waals surface area contributed by atoms with E-state index in [4.69, 9.17) is 8.94 Å². The summed E-state index contributed by atoms with van der Waals surface area (Å²) < 4.78 is 10.5. The highest BCUT2D eigenvalue weighted by atomic mass is 32.1. The van der Waals surface area contributed by atoms with Gasteiger partial charge < -0.3 is 13.8 Å². The lowest BCUT2D eigenvalue weighted by atomic mass is 10.2. The first kappa shape index (κ1) is 15.5. The van der Waals surface area contributed by atoms with Crippen LogP contribution < -0.4 is 0 Å². The molecule has 7 heteroatoms. The Morgan fingerprint density at radius 2 is 2.30 bits per heavy atom. The van der Waals surface area contributed by atoms with Crippen molar-refractivity contribution in [3.05, 3.63) is 46.9 Å². The number of hydrogen-bond donors (Lipinski definition) is 0. The van der Waals surface area contributed by atoms with Crippen molar-refractivity contribution in [1.29, 1.82) is 0 Å². The fraction of sp³-hybridized carbons (Fsp3) is 0.312. The minimum atomic E-state index is -0.110. The normalized spacial score (nSPS) is 12.3. The molecule has 1 atom stereocenters. The van der Waals surface area contributed by atoms with Gasteiger partial charge in [-0.15, -0.1) is 0 Å². The molecule has 0 N–H and O–H groups in total. The highest BCUT2D eigenvalue weighted by Gasteiger charge is 2.20. The Morgan fingerprint density at radius 1 is 1.43 bits per heavy atom. The molecule has 0 saturated heterocycles. The Morgan fingerprint density at radius 3 is 3.00 bits per heavy atom. The molecule has 120 valence electrons. The summed E-state index contributed by atoms with van der Waals surface area (Å²) >= 11 is 1.58. The second-order valence-corrected chi connectivity index (χ2v) is 6.00. The molecule has 0 radical (unpaired) electrons. The van der Waals surface area contributed by atoms with Crippen molar-refractivity contribution >= 4 is 17.2 Å². The highest BCUT2D eigenvalue weighted by molar-refractivity contribution is 7.08. The van der Waals surface area contributed by atoms with E-state index in [1.165, 1.54) is 0 Å². The second-order valence-electron chi connectivity index (χ2n) is 5.22. The summed E-state index contributed by atoms with van der Waals surface area (Å²) in [5.41, 5.74) is 0.930. The van der Waals surface area contributed by atoms with Gasteiger partial charge in [-0.1, -0.05) is 5.16 Å². The van der Waals surface area contributed by atoms with E-state index in [9.17, 15) is 4.79 Å². The van der Waals surface area contributed by atoms with Crippen LogP contribution >= 0.6 is 11.3 Å². The number of amides is 1. The second kappa shape index (κ2) is 6.78. The van der Waals surface area contributed by atoms with Crippen LogP contribution in [0.2, 0.25) is 0 Å². The third-order valence-corrected chi connectivity index (χ3v) is 4.41. The third-order valence-electron chi connectivity index (χ3n) is 3.73. The van der Waals surface area contributed by atoms with E-state index in [1.807, 2.05) is 35.9 Å². The molecule has 1 amide bonds. The van der Waals surface area contributed by atoms with Crippen LogP contribution in [-0.2, 0) is 11.2 Å². The monoisotopic (exact) mass is 331 g/mol. The van der Waals surface area contributed by atoms with E-state index < -0.39 is 0 Å². The van der Waals surface area contributed by atoms with Crippen molar-refractivity contribution in [1.82, 2.24) is 15.0 Å². The Bertz CT molecular complexity index is 749. The van der Waals surface area contributed by atoms with Crippen molar-refractivity contribution in [2.24, 2.45) is 0 Å². The van der Waals surface area contributed by atoms with Crippen LogP contribution in [0.15, 0.2) is 44.2 Å². The zero-order chi connectivity index (χ0) is 16.2. The van der Waals surface area contributed by atoms with Gasteiger partial charge in [0.15, 0.2) is 0 Å². The molecule has 0 fully saturated rings. The number of aryl methyl sites for hydroxylation is 1. The average Bonchev–Trinajstić information content (AvgIpc) is 3.32. The van der Waals surface area contributed by atoms with Gasteiger partial charge >= 0.3 is 0 Å². The van der Waals surface area contributed by atoms with E-state index in [2.05, 4.69) is 10.1 Å². The number of furan rings is 1. The molecular weight excluding hydrogens is 314 g/mol. The smallest absolute Gasteiger partial charge is 0.227 e. The molecule has 1 unspecified atom stereocenters. The van der Waals surface area contributed by atoms with Crippen LogP contribution in [0.4, 0.5) is 0 Å². The van der Waals surface area contributed by atoms with Crippen molar-refractivity contribution in [3.8, 4) is 11.4 Å². The van der Waals surface area contributed by atoms with Crippen molar-refractivity contribution < 1.29 is 13.7 Å². The maximum atomic E-state index is 12.3. The lowest BCUT2D eigenvalue weighted by Gasteiger charge is -2.23. The third kappa shape index (κ3) is 3.50. The van der Waals surface area contributed by atoms with Gasteiger partial charge in [0, 0.05) is 30.8 Å². The maximum absolute atomic E-state index is 12.3. The molecule has 0 spiro atoms. The van der Waals surface area contributed by atoms with E-state index in [1.54, 1.807) is 29.5 Å². The van der Waals surface area contributed by atoms with Crippen LogP contribution in [0, 0.1) is 0 Å². The van der Waals surface area contributed by atoms with Gasteiger partial charge in [-0.25, -0.2) is 0 Å². The fourth-order valence-corrected chi connectivity index (χ4v) is 2.83. The van der Waals surface area contributed by atoms with Gasteiger partial charge in [-0.2, -0.15) is 16.3 Å². The SMILES string of the molecule is CC(c1ccco1)N(C)C(=O)CCc1nc(-c2ccsc2)no1. The van der Waals surface area contributed by atoms with Crippen molar-refractivity contribution in [2.45, 2.75) is 25.8 Å². The van der Waals surface area contributed by atoms with Gasteiger partial charge in [0.25, 0.3) is 0 Å². The zero-order valence-corrected chi connectivity index (χ0v) is 13.7. The van der Waals surface area contributed by atoms with Gasteiger partial charge in [0.1, 0.15) is 5.76 Å². The molecule has 3 aromatic rings. The van der Waals surface area contributed by atoms with Crippen molar-refractivity contribution in [3.63, 3.8) is 0 Å². The number of carbonyl (C=O) groups is 1. The number of hydrogen-bond acceptors (Lipinski definition) is 6. The summed E-state index contributed by atoms with van der Waals surface area (Å²) in [6, 6.07) is 5.50. The molecule has 6 nitrogen and oxygen atoms in total. The highest BCUT2D eigenvalue weighted by Crippen LogP contribution is 2.21. The van der Waals surface area contributed by atoms with Gasteiger partial charge in [-0.3, -0.25) is 4.79 Å². The molecule has 0 aliphatic heterocycles. The molecular formula is C16H17N3O3S. The predicted molar refractivity (Wildman–Crippen MR) is 85.8 cm³/mol. The Balaban J connectivity index is 1.56. The van der Waals surface area contributed by atoms with Gasteiger partial charge in [0.2, 0.25) is 17.6 Å². The fourth-order valence-electron chi connectivity index (χ4n) is 2.19. The molecule has 0 aliphatic carbocycles. The van der Waals surface area contributed by atoms with E-state index >= 15 is 0 Å². The van der Waals surface area contributed by atoms with Crippen molar-refractivity contribution in [2.75, 3.05) is 7.05 Å². The molecule has 3 aromatic heterocycles. The van der Waals surface area contributed by atoms with Crippen LogP contribution in [-0.4, -0.2) is 28.0 Å². The summed E-state index contributed by atoms with van der Waals surface area (Å²) in [7, 11) is 1.76. The van der Waals surface area contributed by atoms with E-state index in [-0.39, 0.29) is 11.9 Å². The Labute approximate surface area is 137 Å². The molecule has 23 heavy (non-hydrogen) atoms. The first-order valence-corrected chi connectivity index (χ1v) is 8.23. The average molecular weight is 331 g/mol. The molecule has 3 rings (SSSR count). The van der Waals surface area contributed by atoms with Crippen LogP contribution in [0.3, 0.4) is 0 Å². The lowest BCUT2D eigenvalue weighted by Crippen LogP contribution is -2.29. The number of nitrogens with zero attached hydrogens (tertiary/aromatic N) is 3. The molecule has 0 aliphatic rings. The molecule has 0 saturated carbocycles. The Kier molecular flexibility index (Phi) is 4.57. The summed E-state index contributed by atoms with van der Waals surface area (Å²) in [4.78, 5) is 18.3. The zero-order valence-electron chi connectivity index (χ0n) is 12.9.